The fraction of sp³-hybridized carbons (Fsp3) is 0.143. The summed E-state index contributed by atoms with van der Waals surface area (Å²) in [4.78, 5) is 0. The first-order valence-corrected chi connectivity index (χ1v) is 16.4. The van der Waals surface area contributed by atoms with Crippen molar-refractivity contribution in [1.29, 1.82) is 0 Å². The normalized spacial score (nSPS) is 15.8. The van der Waals surface area contributed by atoms with Crippen LogP contribution in [0.15, 0.2) is 140 Å². The van der Waals surface area contributed by atoms with Crippen molar-refractivity contribution < 1.29 is 9.31 Å². The zero-order chi connectivity index (χ0) is 31.9. The molecule has 0 atom stereocenters. The molecule has 3 heterocycles. The van der Waals surface area contributed by atoms with E-state index in [0.717, 1.165) is 33.4 Å². The number of para-hydroxylation sites is 5. The van der Waals surface area contributed by atoms with Crippen molar-refractivity contribution in [3.63, 3.8) is 0 Å². The molecule has 9 rings (SSSR count). The summed E-state index contributed by atoms with van der Waals surface area (Å²) < 4.78 is 18.3. The number of hydrogen-bond acceptors (Lipinski definition) is 2. The Bertz CT molecular complexity index is 2470. The van der Waals surface area contributed by atoms with Gasteiger partial charge in [0.1, 0.15) is 0 Å². The highest BCUT2D eigenvalue weighted by atomic mass is 16.7. The molecule has 1 saturated heterocycles. The average molecular weight is 611 g/mol. The zero-order valence-corrected chi connectivity index (χ0v) is 27.1. The Morgan fingerprint density at radius 2 is 0.936 bits per heavy atom. The first-order valence-electron chi connectivity index (χ1n) is 16.4. The largest absolute Gasteiger partial charge is 0.497 e. The van der Waals surface area contributed by atoms with Crippen LogP contribution in [0.2, 0.25) is 0 Å². The summed E-state index contributed by atoms with van der Waals surface area (Å²) in [7, 11) is -0.504. The van der Waals surface area contributed by atoms with E-state index < -0.39 is 18.3 Å². The number of fused-ring (bicyclic) bond motifs is 6. The Balaban J connectivity index is 1.42. The number of aromatic nitrogens is 2. The van der Waals surface area contributed by atoms with Crippen LogP contribution in [0.1, 0.15) is 27.7 Å². The predicted octanol–water partition coefficient (Wildman–Crippen LogP) is 9.85. The molecule has 47 heavy (non-hydrogen) atoms. The lowest BCUT2D eigenvalue weighted by molar-refractivity contribution is 0.00578. The SMILES string of the molecule is CC1(C)OB(c2cccc3c4ccccc4n(-c4cccc5c6ccccc6n(-c6ccccc6-c6ccccc6)c45)c23)OC1(C)C. The molecule has 1 aliphatic rings. The van der Waals surface area contributed by atoms with Crippen molar-refractivity contribution in [2.24, 2.45) is 0 Å². The second kappa shape index (κ2) is 10.2. The molecule has 5 heteroatoms. The van der Waals surface area contributed by atoms with Crippen LogP contribution >= 0.6 is 0 Å². The Labute approximate surface area is 274 Å². The van der Waals surface area contributed by atoms with E-state index in [1.54, 1.807) is 0 Å². The van der Waals surface area contributed by atoms with Crippen molar-refractivity contribution in [2.75, 3.05) is 0 Å². The van der Waals surface area contributed by atoms with Crippen LogP contribution in [-0.2, 0) is 9.31 Å². The molecular formula is C42H35BN2O2. The van der Waals surface area contributed by atoms with Crippen molar-refractivity contribution in [3.05, 3.63) is 140 Å². The molecule has 0 spiro atoms. The molecule has 0 N–H and O–H groups in total. The van der Waals surface area contributed by atoms with Crippen molar-refractivity contribution in [2.45, 2.75) is 38.9 Å². The predicted molar refractivity (Wildman–Crippen MR) is 196 cm³/mol. The van der Waals surface area contributed by atoms with E-state index >= 15 is 0 Å². The van der Waals surface area contributed by atoms with Gasteiger partial charge in [-0.2, -0.15) is 0 Å². The second-order valence-corrected chi connectivity index (χ2v) is 13.6. The molecule has 1 fully saturated rings. The standard InChI is InChI=1S/C42H35BN2O2/c1-41(2)42(3,4)47-43(46-41)34-23-14-21-32-30-19-9-13-26-37(30)45(39(32)34)38-27-15-22-33-31-20-10-12-25-36(31)44(40(33)38)35-24-11-8-18-29(35)28-16-6-5-7-17-28/h5-27H,1-4H3. The molecule has 228 valence electrons. The molecule has 1 aliphatic heterocycles. The van der Waals surface area contributed by atoms with Gasteiger partial charge in [0.2, 0.25) is 0 Å². The summed E-state index contributed by atoms with van der Waals surface area (Å²) in [6.07, 6.45) is 0. The lowest BCUT2D eigenvalue weighted by atomic mass is 9.77. The van der Waals surface area contributed by atoms with E-state index in [-0.39, 0.29) is 0 Å². The van der Waals surface area contributed by atoms with E-state index in [2.05, 4.69) is 176 Å². The minimum absolute atomic E-state index is 0.454. The summed E-state index contributed by atoms with van der Waals surface area (Å²) in [6, 6.07) is 50.1. The van der Waals surface area contributed by atoms with Crippen LogP contribution in [0, 0.1) is 0 Å². The van der Waals surface area contributed by atoms with E-state index in [4.69, 9.17) is 9.31 Å². The van der Waals surface area contributed by atoms with Crippen molar-refractivity contribution in [1.82, 2.24) is 9.13 Å². The highest BCUT2D eigenvalue weighted by molar-refractivity contribution is 6.65. The fourth-order valence-electron chi connectivity index (χ4n) is 7.42. The van der Waals surface area contributed by atoms with Crippen molar-refractivity contribution in [3.8, 4) is 22.5 Å². The third kappa shape index (κ3) is 4.10. The van der Waals surface area contributed by atoms with Crippen molar-refractivity contribution >= 4 is 56.2 Å². The third-order valence-corrected chi connectivity index (χ3v) is 10.4. The van der Waals surface area contributed by atoms with E-state index in [0.29, 0.717) is 0 Å². The molecule has 2 aromatic heterocycles. The maximum atomic E-state index is 6.70. The monoisotopic (exact) mass is 610 g/mol. The Morgan fingerprint density at radius 1 is 0.447 bits per heavy atom. The summed E-state index contributed by atoms with van der Waals surface area (Å²) in [5.41, 5.74) is 9.32. The van der Waals surface area contributed by atoms with Crippen LogP contribution in [-0.4, -0.2) is 27.5 Å². The first kappa shape index (κ1) is 28.2. The topological polar surface area (TPSA) is 28.3 Å². The number of rotatable bonds is 4. The van der Waals surface area contributed by atoms with Gasteiger partial charge in [0.15, 0.2) is 0 Å². The summed E-state index contributed by atoms with van der Waals surface area (Å²) >= 11 is 0. The van der Waals surface area contributed by atoms with Gasteiger partial charge in [-0.05, 0) is 57.5 Å². The summed E-state index contributed by atoms with van der Waals surface area (Å²) in [5.74, 6) is 0. The lowest BCUT2D eigenvalue weighted by Gasteiger charge is -2.32. The zero-order valence-electron chi connectivity index (χ0n) is 27.1. The smallest absolute Gasteiger partial charge is 0.399 e. The maximum Gasteiger partial charge on any atom is 0.497 e. The molecule has 0 bridgehead atoms. The summed E-state index contributed by atoms with van der Waals surface area (Å²) in [6.45, 7) is 8.47. The maximum absolute atomic E-state index is 6.70. The minimum atomic E-state index is -0.504. The first-order chi connectivity index (χ1) is 22.8. The number of hydrogen-bond donors (Lipinski definition) is 0. The van der Waals surface area contributed by atoms with Gasteiger partial charge in [0.05, 0.1) is 44.6 Å². The highest BCUT2D eigenvalue weighted by Crippen LogP contribution is 2.42. The lowest BCUT2D eigenvalue weighted by Crippen LogP contribution is -2.41. The average Bonchev–Trinajstić information content (AvgIpc) is 3.69. The van der Waals surface area contributed by atoms with Gasteiger partial charge in [-0.15, -0.1) is 0 Å². The Morgan fingerprint density at radius 3 is 1.62 bits per heavy atom. The van der Waals surface area contributed by atoms with Gasteiger partial charge in [-0.25, -0.2) is 0 Å². The molecule has 6 aromatic carbocycles. The van der Waals surface area contributed by atoms with Crippen LogP contribution in [0.25, 0.3) is 66.1 Å². The minimum Gasteiger partial charge on any atom is -0.399 e. The van der Waals surface area contributed by atoms with E-state index in [1.807, 2.05) is 0 Å². The molecule has 0 unspecified atom stereocenters. The fourth-order valence-corrected chi connectivity index (χ4v) is 7.42. The van der Waals surface area contributed by atoms with Gasteiger partial charge in [0, 0.05) is 32.6 Å². The van der Waals surface area contributed by atoms with Crippen LogP contribution in [0.4, 0.5) is 0 Å². The van der Waals surface area contributed by atoms with Crippen LogP contribution in [0.3, 0.4) is 0 Å². The van der Waals surface area contributed by atoms with Gasteiger partial charge in [0.25, 0.3) is 0 Å². The van der Waals surface area contributed by atoms with Crippen LogP contribution in [0.5, 0.6) is 0 Å². The molecular weight excluding hydrogens is 575 g/mol. The number of benzene rings is 6. The van der Waals surface area contributed by atoms with Gasteiger partial charge in [-0.1, -0.05) is 115 Å². The molecule has 0 amide bonds. The quantitative estimate of drug-likeness (QED) is 0.186. The molecule has 8 aromatic rings. The molecule has 0 aliphatic carbocycles. The highest BCUT2D eigenvalue weighted by Gasteiger charge is 2.52. The van der Waals surface area contributed by atoms with Gasteiger partial charge >= 0.3 is 7.12 Å². The third-order valence-electron chi connectivity index (χ3n) is 10.4. The van der Waals surface area contributed by atoms with Gasteiger partial charge in [-0.3, -0.25) is 0 Å². The van der Waals surface area contributed by atoms with E-state index in [1.165, 1.54) is 38.2 Å². The molecule has 0 radical (unpaired) electrons. The Kier molecular flexibility index (Phi) is 6.11. The number of nitrogens with zero attached hydrogens (tertiary/aromatic N) is 2. The van der Waals surface area contributed by atoms with E-state index in [9.17, 15) is 0 Å². The Hall–Kier alpha value is -5.10. The second-order valence-electron chi connectivity index (χ2n) is 13.6. The summed E-state index contributed by atoms with van der Waals surface area (Å²) in [5, 5.41) is 4.81. The van der Waals surface area contributed by atoms with Crippen LogP contribution < -0.4 is 5.46 Å². The molecule has 4 nitrogen and oxygen atoms in total. The molecule has 0 saturated carbocycles. The van der Waals surface area contributed by atoms with Gasteiger partial charge < -0.3 is 18.4 Å².